The molecule has 0 saturated carbocycles. The molecule has 0 spiro atoms. The van der Waals surface area contributed by atoms with Crippen LogP contribution in [0.25, 0.3) is 6.08 Å². The molecule has 9 nitrogen and oxygen atoms in total. The van der Waals surface area contributed by atoms with Crippen molar-refractivity contribution in [2.24, 2.45) is 10.7 Å². The Labute approximate surface area is 236 Å². The van der Waals surface area contributed by atoms with E-state index >= 15 is 0 Å². The Morgan fingerprint density at radius 1 is 1.18 bits per heavy atom. The van der Waals surface area contributed by atoms with Crippen LogP contribution in [0.15, 0.2) is 58.2 Å². The molecule has 212 valence electrons. The highest BCUT2D eigenvalue weighted by Gasteiger charge is 2.23. The number of thioether (sulfide) groups is 1. The van der Waals surface area contributed by atoms with Crippen LogP contribution in [0.4, 0.5) is 10.5 Å². The highest BCUT2D eigenvalue weighted by atomic mass is 32.2. The Balaban J connectivity index is 0.00000260. The first kappa shape index (κ1) is 31.8. The van der Waals surface area contributed by atoms with Crippen LogP contribution < -0.4 is 11.1 Å². The first-order valence-corrected chi connectivity index (χ1v) is 14.2. The van der Waals surface area contributed by atoms with Gasteiger partial charge in [0.25, 0.3) is 5.91 Å². The number of nitrogens with two attached hydrogens (primary N) is 1. The number of aromatic nitrogens is 1. The van der Waals surface area contributed by atoms with Crippen molar-refractivity contribution >= 4 is 41.4 Å². The second-order valence-electron chi connectivity index (χ2n) is 9.47. The average Bonchev–Trinajstić information content (AvgIpc) is 3.07. The molecule has 3 rings (SSSR count). The fourth-order valence-corrected chi connectivity index (χ4v) is 4.26. The van der Waals surface area contributed by atoms with E-state index in [1.807, 2.05) is 45.0 Å². The lowest BCUT2D eigenvalue weighted by atomic mass is 10.1. The van der Waals surface area contributed by atoms with E-state index in [-0.39, 0.29) is 25.5 Å². The molecule has 1 aliphatic rings. The predicted molar refractivity (Wildman–Crippen MR) is 158 cm³/mol. The topological polar surface area (TPSA) is 119 Å². The molecule has 0 atom stereocenters. The summed E-state index contributed by atoms with van der Waals surface area (Å²) in [6, 6.07) is 12.1. The second-order valence-corrected chi connectivity index (χ2v) is 10.5. The van der Waals surface area contributed by atoms with Gasteiger partial charge >= 0.3 is 6.09 Å². The third-order valence-electron chi connectivity index (χ3n) is 5.03. The summed E-state index contributed by atoms with van der Waals surface area (Å²) < 4.78 is 5.21. The van der Waals surface area contributed by atoms with Crippen LogP contribution in [-0.2, 0) is 20.1 Å². The Morgan fingerprint density at radius 2 is 1.90 bits per heavy atom. The standard InChI is InChI=1S/C27H35N5O4S.C2H6/c1-5-12-32(35-13-11-29-26(34)36-27(2,3)4)25(33)20-14-21-17-30-24(16-22(21)31-23(28)15-20)37-18-19-9-7-6-8-10-19;1-2/h6-10,14,16-17H,5,11-13,15,18H2,1-4H3,(H2,28,31)(H,29,34);1-2H3. The SMILES string of the molecule is CC.CCCN(OCCNC(=O)OC(C)(C)C)C(=O)C1=Cc2cnc(SCc3ccccc3)cc2N=C(N)C1. The van der Waals surface area contributed by atoms with Crippen molar-refractivity contribution in [3.05, 3.63) is 59.3 Å². The number of aliphatic imine (C=N–C) groups is 1. The van der Waals surface area contributed by atoms with Crippen LogP contribution in [0.2, 0.25) is 0 Å². The minimum Gasteiger partial charge on any atom is -0.444 e. The van der Waals surface area contributed by atoms with Gasteiger partial charge in [0.2, 0.25) is 0 Å². The maximum absolute atomic E-state index is 13.3. The quantitative estimate of drug-likeness (QED) is 0.214. The van der Waals surface area contributed by atoms with Gasteiger partial charge in [0.05, 0.1) is 17.3 Å². The largest absolute Gasteiger partial charge is 0.444 e. The highest BCUT2D eigenvalue weighted by Crippen LogP contribution is 2.31. The molecule has 0 aliphatic carbocycles. The summed E-state index contributed by atoms with van der Waals surface area (Å²) in [7, 11) is 0. The van der Waals surface area contributed by atoms with Gasteiger partial charge in [-0.05, 0) is 44.9 Å². The molecule has 1 aromatic heterocycles. The molecule has 0 unspecified atom stereocenters. The van der Waals surface area contributed by atoms with E-state index in [0.29, 0.717) is 30.1 Å². The summed E-state index contributed by atoms with van der Waals surface area (Å²) >= 11 is 1.61. The number of hydrogen-bond acceptors (Lipinski definition) is 8. The molecule has 3 N–H and O–H groups in total. The molecular formula is C29H41N5O4S. The second kappa shape index (κ2) is 15.9. The maximum atomic E-state index is 13.3. The van der Waals surface area contributed by atoms with Gasteiger partial charge in [-0.1, -0.05) is 51.1 Å². The van der Waals surface area contributed by atoms with Crippen molar-refractivity contribution in [3.63, 3.8) is 0 Å². The molecule has 0 saturated heterocycles. The third kappa shape index (κ3) is 11.1. The normalized spacial score (nSPS) is 12.6. The van der Waals surface area contributed by atoms with Crippen LogP contribution in [0.5, 0.6) is 0 Å². The number of nitrogens with one attached hydrogen (secondary N) is 1. The lowest BCUT2D eigenvalue weighted by Crippen LogP contribution is -2.38. The number of fused-ring (bicyclic) bond motifs is 1. The maximum Gasteiger partial charge on any atom is 0.407 e. The van der Waals surface area contributed by atoms with Crippen LogP contribution in [0, 0.1) is 0 Å². The summed E-state index contributed by atoms with van der Waals surface area (Å²) in [5.74, 6) is 0.830. The number of amides is 2. The first-order chi connectivity index (χ1) is 18.6. The van der Waals surface area contributed by atoms with E-state index in [0.717, 1.165) is 16.3 Å². The van der Waals surface area contributed by atoms with E-state index < -0.39 is 11.7 Å². The predicted octanol–water partition coefficient (Wildman–Crippen LogP) is 5.87. The van der Waals surface area contributed by atoms with Crippen LogP contribution in [0.1, 0.15) is 65.5 Å². The third-order valence-corrected chi connectivity index (χ3v) is 6.02. The number of ether oxygens (including phenoxy) is 1. The molecule has 2 aromatic rings. The van der Waals surface area contributed by atoms with Gasteiger partial charge in [0.15, 0.2) is 0 Å². The van der Waals surface area contributed by atoms with E-state index in [4.69, 9.17) is 15.3 Å². The zero-order chi connectivity index (χ0) is 28.8. The van der Waals surface area contributed by atoms with Crippen molar-refractivity contribution in [1.82, 2.24) is 15.4 Å². The lowest BCUT2D eigenvalue weighted by Gasteiger charge is -2.23. The number of alkyl carbamates (subject to hydrolysis) is 1. The van der Waals surface area contributed by atoms with Crippen molar-refractivity contribution in [2.45, 2.75) is 70.8 Å². The van der Waals surface area contributed by atoms with E-state index in [2.05, 4.69) is 27.4 Å². The molecule has 39 heavy (non-hydrogen) atoms. The van der Waals surface area contributed by atoms with Gasteiger partial charge in [-0.3, -0.25) is 9.63 Å². The fraction of sp³-hybridized carbons (Fsp3) is 0.448. The first-order valence-electron chi connectivity index (χ1n) is 13.3. The molecule has 0 bridgehead atoms. The lowest BCUT2D eigenvalue weighted by molar-refractivity contribution is -0.181. The Morgan fingerprint density at radius 3 is 2.56 bits per heavy atom. The van der Waals surface area contributed by atoms with Gasteiger partial charge in [-0.15, -0.1) is 11.8 Å². The average molecular weight is 556 g/mol. The van der Waals surface area contributed by atoms with Gasteiger partial charge in [0, 0.05) is 42.6 Å². The monoisotopic (exact) mass is 555 g/mol. The van der Waals surface area contributed by atoms with Crippen molar-refractivity contribution in [1.29, 1.82) is 0 Å². The Kier molecular flexibility index (Phi) is 13.0. The number of nitrogens with zero attached hydrogens (tertiary/aromatic N) is 3. The van der Waals surface area contributed by atoms with Crippen molar-refractivity contribution in [2.75, 3.05) is 19.7 Å². The summed E-state index contributed by atoms with van der Waals surface area (Å²) in [6.45, 7) is 12.0. The minimum atomic E-state index is -0.588. The van der Waals surface area contributed by atoms with Crippen LogP contribution >= 0.6 is 11.8 Å². The number of hydroxylamine groups is 2. The number of benzene rings is 1. The van der Waals surface area contributed by atoms with E-state index in [9.17, 15) is 9.59 Å². The molecule has 2 heterocycles. The van der Waals surface area contributed by atoms with E-state index in [1.165, 1.54) is 10.6 Å². The molecule has 1 aliphatic heterocycles. The highest BCUT2D eigenvalue weighted by molar-refractivity contribution is 7.98. The molecule has 0 radical (unpaired) electrons. The van der Waals surface area contributed by atoms with Gasteiger partial charge in [-0.25, -0.2) is 19.8 Å². The molecule has 0 fully saturated rings. The van der Waals surface area contributed by atoms with Crippen LogP contribution in [-0.4, -0.2) is 53.2 Å². The minimum absolute atomic E-state index is 0.113. The number of pyridine rings is 1. The van der Waals surface area contributed by atoms with E-state index in [1.54, 1.807) is 44.8 Å². The Bertz CT molecular complexity index is 1150. The van der Waals surface area contributed by atoms with Crippen molar-refractivity contribution in [3.8, 4) is 0 Å². The number of rotatable bonds is 10. The number of carbonyl (C=O) groups is 2. The summed E-state index contributed by atoms with van der Waals surface area (Å²) in [6.07, 6.45) is 3.84. The Hall–Kier alpha value is -3.37. The van der Waals surface area contributed by atoms with Gasteiger partial charge in [0.1, 0.15) is 11.4 Å². The number of carbonyl (C=O) groups excluding carboxylic acids is 2. The molecule has 10 heteroatoms. The van der Waals surface area contributed by atoms with Gasteiger partial charge < -0.3 is 15.8 Å². The van der Waals surface area contributed by atoms with Crippen LogP contribution in [0.3, 0.4) is 0 Å². The smallest absolute Gasteiger partial charge is 0.407 e. The van der Waals surface area contributed by atoms with Gasteiger partial charge in [-0.2, -0.15) is 0 Å². The zero-order valence-corrected chi connectivity index (χ0v) is 24.6. The number of hydrogen-bond donors (Lipinski definition) is 2. The summed E-state index contributed by atoms with van der Waals surface area (Å²) in [5, 5.41) is 4.76. The molecule has 1 aromatic carbocycles. The zero-order valence-electron chi connectivity index (χ0n) is 23.8. The summed E-state index contributed by atoms with van der Waals surface area (Å²) in [4.78, 5) is 39.9. The summed E-state index contributed by atoms with van der Waals surface area (Å²) in [5.41, 5.74) is 8.65. The molecular weight excluding hydrogens is 514 g/mol. The molecule has 2 amide bonds. The number of amidine groups is 1. The fourth-order valence-electron chi connectivity index (χ4n) is 3.43. The van der Waals surface area contributed by atoms with Crippen molar-refractivity contribution < 1.29 is 19.2 Å².